The summed E-state index contributed by atoms with van der Waals surface area (Å²) < 4.78 is 40.2. The molecule has 118 valence electrons. The summed E-state index contributed by atoms with van der Waals surface area (Å²) in [6.07, 6.45) is -0.599. The van der Waals surface area contributed by atoms with Gasteiger partial charge in [0.2, 0.25) is 0 Å². The van der Waals surface area contributed by atoms with Crippen molar-refractivity contribution in [3.8, 4) is 0 Å². The van der Waals surface area contributed by atoms with E-state index in [1.54, 1.807) is 11.8 Å². The van der Waals surface area contributed by atoms with E-state index in [0.29, 0.717) is 13.0 Å². The van der Waals surface area contributed by atoms with Gasteiger partial charge in [-0.2, -0.15) is 13.2 Å². The molecule has 0 saturated carbocycles. The molecule has 2 saturated heterocycles. The molecule has 0 radical (unpaired) electrons. The van der Waals surface area contributed by atoms with Crippen molar-refractivity contribution in [1.82, 2.24) is 9.80 Å². The molecule has 2 aliphatic heterocycles. The Hall–Kier alpha value is -0.330. The van der Waals surface area contributed by atoms with E-state index >= 15 is 0 Å². The summed E-state index contributed by atoms with van der Waals surface area (Å²) >= 11 is 0. The van der Waals surface area contributed by atoms with Crippen LogP contribution in [-0.4, -0.2) is 59.8 Å². The smallest absolute Gasteiger partial charge is 0.326 e. The van der Waals surface area contributed by atoms with Crippen LogP contribution in [-0.2, 0) is 0 Å². The van der Waals surface area contributed by atoms with Crippen molar-refractivity contribution in [1.29, 1.82) is 0 Å². The van der Waals surface area contributed by atoms with Crippen LogP contribution in [0.1, 0.15) is 39.5 Å². The zero-order valence-corrected chi connectivity index (χ0v) is 12.4. The van der Waals surface area contributed by atoms with Gasteiger partial charge >= 0.3 is 6.18 Å². The largest absolute Gasteiger partial charge is 0.405 e. The number of piperazine rings is 1. The lowest BCUT2D eigenvalue weighted by molar-refractivity contribution is -0.204. The Labute approximate surface area is 119 Å². The standard InChI is InChI=1S/C14H26F3N3/c1-3-12(18)13(14(15,16)17)20-9-11-6-4-5-7-19(11)8-10(20)2/h10-13H,3-9,18H2,1-2H3. The topological polar surface area (TPSA) is 32.5 Å². The van der Waals surface area contributed by atoms with Crippen LogP contribution in [0.15, 0.2) is 0 Å². The maximum absolute atomic E-state index is 13.4. The van der Waals surface area contributed by atoms with Crippen LogP contribution in [0.25, 0.3) is 0 Å². The van der Waals surface area contributed by atoms with Crippen LogP contribution in [0.3, 0.4) is 0 Å². The third-order valence-corrected chi connectivity index (χ3v) is 4.81. The molecule has 4 atom stereocenters. The molecule has 0 amide bonds. The number of hydrogen-bond acceptors (Lipinski definition) is 3. The van der Waals surface area contributed by atoms with E-state index in [1.165, 1.54) is 6.42 Å². The monoisotopic (exact) mass is 293 g/mol. The summed E-state index contributed by atoms with van der Waals surface area (Å²) in [6.45, 7) is 5.88. The van der Waals surface area contributed by atoms with Gasteiger partial charge in [0.25, 0.3) is 0 Å². The Bertz CT molecular complexity index is 321. The van der Waals surface area contributed by atoms with Gasteiger partial charge < -0.3 is 5.73 Å². The van der Waals surface area contributed by atoms with Gasteiger partial charge in [-0.1, -0.05) is 13.3 Å². The Morgan fingerprint density at radius 2 is 1.95 bits per heavy atom. The number of rotatable bonds is 3. The summed E-state index contributed by atoms with van der Waals surface area (Å²) in [5.41, 5.74) is 5.79. The van der Waals surface area contributed by atoms with Crippen molar-refractivity contribution < 1.29 is 13.2 Å². The molecule has 0 spiro atoms. The molecule has 2 heterocycles. The predicted molar refractivity (Wildman–Crippen MR) is 73.5 cm³/mol. The van der Waals surface area contributed by atoms with Crippen molar-refractivity contribution in [3.05, 3.63) is 0 Å². The first-order valence-corrected chi connectivity index (χ1v) is 7.66. The van der Waals surface area contributed by atoms with Gasteiger partial charge in [-0.15, -0.1) is 0 Å². The summed E-state index contributed by atoms with van der Waals surface area (Å²) in [5, 5.41) is 0. The Morgan fingerprint density at radius 1 is 1.25 bits per heavy atom. The first kappa shape index (κ1) is 16.0. The average molecular weight is 293 g/mol. The third kappa shape index (κ3) is 3.28. The lowest BCUT2D eigenvalue weighted by Crippen LogP contribution is -2.67. The number of hydrogen-bond donors (Lipinski definition) is 1. The van der Waals surface area contributed by atoms with Crippen LogP contribution >= 0.6 is 0 Å². The second-order valence-electron chi connectivity index (χ2n) is 6.25. The van der Waals surface area contributed by atoms with E-state index in [0.717, 1.165) is 25.9 Å². The number of nitrogens with zero attached hydrogens (tertiary/aromatic N) is 2. The predicted octanol–water partition coefficient (Wildman–Crippen LogP) is 2.21. The van der Waals surface area contributed by atoms with Crippen LogP contribution < -0.4 is 5.73 Å². The van der Waals surface area contributed by atoms with E-state index in [1.807, 2.05) is 6.92 Å². The fourth-order valence-corrected chi connectivity index (χ4v) is 3.66. The fourth-order valence-electron chi connectivity index (χ4n) is 3.66. The van der Waals surface area contributed by atoms with E-state index < -0.39 is 18.3 Å². The van der Waals surface area contributed by atoms with E-state index in [4.69, 9.17) is 5.73 Å². The first-order valence-electron chi connectivity index (χ1n) is 7.66. The minimum absolute atomic E-state index is 0.0893. The average Bonchev–Trinajstić information content (AvgIpc) is 2.37. The fraction of sp³-hybridized carbons (Fsp3) is 1.00. The van der Waals surface area contributed by atoms with Gasteiger partial charge in [-0.25, -0.2) is 0 Å². The van der Waals surface area contributed by atoms with Crippen LogP contribution in [0, 0.1) is 0 Å². The van der Waals surface area contributed by atoms with Gasteiger partial charge in [0, 0.05) is 31.2 Å². The van der Waals surface area contributed by atoms with Gasteiger partial charge in [0.1, 0.15) is 6.04 Å². The molecule has 6 heteroatoms. The summed E-state index contributed by atoms with van der Waals surface area (Å²) in [6, 6.07) is -2.17. The van der Waals surface area contributed by atoms with Crippen LogP contribution in [0.2, 0.25) is 0 Å². The molecule has 2 aliphatic rings. The van der Waals surface area contributed by atoms with Crippen molar-refractivity contribution in [2.45, 2.75) is 69.9 Å². The van der Waals surface area contributed by atoms with Crippen LogP contribution in [0.5, 0.6) is 0 Å². The first-order chi connectivity index (χ1) is 9.34. The zero-order valence-electron chi connectivity index (χ0n) is 12.4. The molecule has 3 nitrogen and oxygen atoms in total. The van der Waals surface area contributed by atoms with Gasteiger partial charge in [0.15, 0.2) is 0 Å². The van der Waals surface area contributed by atoms with E-state index in [9.17, 15) is 13.2 Å². The zero-order chi connectivity index (χ0) is 14.9. The molecule has 0 aromatic rings. The number of fused-ring (bicyclic) bond motifs is 1. The van der Waals surface area contributed by atoms with E-state index in [2.05, 4.69) is 4.90 Å². The second kappa shape index (κ2) is 6.20. The van der Waals surface area contributed by atoms with Gasteiger partial charge in [0.05, 0.1) is 0 Å². The highest BCUT2D eigenvalue weighted by Crippen LogP contribution is 2.33. The second-order valence-corrected chi connectivity index (χ2v) is 6.25. The molecule has 4 unspecified atom stereocenters. The van der Waals surface area contributed by atoms with E-state index in [-0.39, 0.29) is 12.1 Å². The molecule has 0 aromatic carbocycles. The SMILES string of the molecule is CCC(N)C(N1CC2CCCCN2CC1C)C(F)(F)F. The minimum Gasteiger partial charge on any atom is -0.326 e. The summed E-state index contributed by atoms with van der Waals surface area (Å²) in [4.78, 5) is 3.97. The Morgan fingerprint density at radius 3 is 2.55 bits per heavy atom. The minimum atomic E-state index is -4.25. The number of nitrogens with two attached hydrogens (primary N) is 1. The molecular formula is C14H26F3N3. The molecule has 2 N–H and O–H groups in total. The molecular weight excluding hydrogens is 267 g/mol. The summed E-state index contributed by atoms with van der Waals surface area (Å²) in [7, 11) is 0. The number of piperidine rings is 1. The maximum atomic E-state index is 13.4. The normalized spacial score (nSPS) is 32.7. The van der Waals surface area contributed by atoms with Gasteiger partial charge in [-0.05, 0) is 32.7 Å². The Kier molecular flexibility index (Phi) is 4.97. The van der Waals surface area contributed by atoms with Gasteiger partial charge in [-0.3, -0.25) is 9.80 Å². The highest BCUT2D eigenvalue weighted by molar-refractivity contribution is 4.97. The number of alkyl halides is 3. The Balaban J connectivity index is 2.15. The van der Waals surface area contributed by atoms with Crippen molar-refractivity contribution in [2.24, 2.45) is 5.73 Å². The molecule has 2 rings (SSSR count). The third-order valence-electron chi connectivity index (χ3n) is 4.81. The maximum Gasteiger partial charge on any atom is 0.405 e. The van der Waals surface area contributed by atoms with Crippen LogP contribution in [0.4, 0.5) is 13.2 Å². The number of halogens is 3. The van der Waals surface area contributed by atoms with Crippen molar-refractivity contribution >= 4 is 0 Å². The molecule has 0 aromatic heterocycles. The lowest BCUT2D eigenvalue weighted by atomic mass is 9.93. The molecule has 2 fully saturated rings. The summed E-state index contributed by atoms with van der Waals surface area (Å²) in [5.74, 6) is 0. The molecule has 0 bridgehead atoms. The lowest BCUT2D eigenvalue weighted by Gasteiger charge is -2.51. The highest BCUT2D eigenvalue weighted by atomic mass is 19.4. The van der Waals surface area contributed by atoms with Crippen molar-refractivity contribution in [2.75, 3.05) is 19.6 Å². The highest BCUT2D eigenvalue weighted by Gasteiger charge is 2.50. The molecule has 0 aliphatic carbocycles. The van der Waals surface area contributed by atoms with Crippen molar-refractivity contribution in [3.63, 3.8) is 0 Å². The molecule has 20 heavy (non-hydrogen) atoms. The quantitative estimate of drug-likeness (QED) is 0.866.